The van der Waals surface area contributed by atoms with Gasteiger partial charge in [0.2, 0.25) is 0 Å². The van der Waals surface area contributed by atoms with Gasteiger partial charge in [0.15, 0.2) is 0 Å². The van der Waals surface area contributed by atoms with Crippen LogP contribution in [0.2, 0.25) is 0 Å². The maximum atomic E-state index is 11.5. The third-order valence-electron chi connectivity index (χ3n) is 1.94. The molecule has 2 N–H and O–H groups in total. The molecule has 0 aromatic heterocycles. The Morgan fingerprint density at radius 1 is 1.36 bits per heavy atom. The van der Waals surface area contributed by atoms with E-state index in [4.69, 9.17) is 5.11 Å². The summed E-state index contributed by atoms with van der Waals surface area (Å²) >= 11 is 0. The highest BCUT2D eigenvalue weighted by molar-refractivity contribution is 5.82. The number of nitrogens with one attached hydrogen (secondary N) is 1. The molecule has 0 aromatic rings. The Morgan fingerprint density at radius 2 is 1.86 bits per heavy atom. The summed E-state index contributed by atoms with van der Waals surface area (Å²) in [5.41, 5.74) is 0. The van der Waals surface area contributed by atoms with Crippen LogP contribution in [0.1, 0.15) is 27.7 Å². The molecular weight excluding hydrogens is 184 g/mol. The second-order valence-corrected chi connectivity index (χ2v) is 3.39. The molecule has 0 saturated heterocycles. The number of amides is 2. The molecule has 0 aliphatic heterocycles. The number of hydrogen-bond donors (Lipinski definition) is 2. The number of hydrogen-bond acceptors (Lipinski definition) is 2. The fourth-order valence-corrected chi connectivity index (χ4v) is 1.07. The highest BCUT2D eigenvalue weighted by Gasteiger charge is 2.19. The molecule has 0 saturated carbocycles. The lowest BCUT2D eigenvalue weighted by atomic mass is 10.3. The number of rotatable bonds is 4. The van der Waals surface area contributed by atoms with Crippen LogP contribution < -0.4 is 5.32 Å². The lowest BCUT2D eigenvalue weighted by Crippen LogP contribution is -2.48. The summed E-state index contributed by atoms with van der Waals surface area (Å²) in [7, 11) is 0. The van der Waals surface area contributed by atoms with Crippen LogP contribution >= 0.6 is 0 Å². The van der Waals surface area contributed by atoms with Gasteiger partial charge in [-0.2, -0.15) is 0 Å². The summed E-state index contributed by atoms with van der Waals surface area (Å²) in [5.74, 6) is -1.03. The van der Waals surface area contributed by atoms with Gasteiger partial charge in [-0.15, -0.1) is 0 Å². The molecule has 14 heavy (non-hydrogen) atoms. The number of urea groups is 1. The second kappa shape index (κ2) is 5.47. The number of carboxylic acids is 1. The number of aliphatic carboxylic acids is 1. The predicted molar refractivity (Wildman–Crippen MR) is 53.1 cm³/mol. The highest BCUT2D eigenvalue weighted by Crippen LogP contribution is 1.98. The Bertz CT molecular complexity index is 216. The minimum atomic E-state index is -1.03. The first kappa shape index (κ1) is 12.7. The van der Waals surface area contributed by atoms with Gasteiger partial charge in [-0.1, -0.05) is 0 Å². The Morgan fingerprint density at radius 3 is 2.14 bits per heavy atom. The first-order valence-electron chi connectivity index (χ1n) is 4.70. The summed E-state index contributed by atoms with van der Waals surface area (Å²) in [6.45, 7) is 7.62. The molecule has 5 heteroatoms. The van der Waals surface area contributed by atoms with Crippen LogP contribution in [0.15, 0.2) is 0 Å². The topological polar surface area (TPSA) is 69.6 Å². The zero-order valence-electron chi connectivity index (χ0n) is 9.07. The van der Waals surface area contributed by atoms with E-state index in [9.17, 15) is 9.59 Å². The Hall–Kier alpha value is -1.26. The van der Waals surface area contributed by atoms with Crippen LogP contribution in [0, 0.1) is 0 Å². The van der Waals surface area contributed by atoms with Crippen LogP contribution in [0.5, 0.6) is 0 Å². The Kier molecular flexibility index (Phi) is 4.97. The van der Waals surface area contributed by atoms with Gasteiger partial charge in [0.05, 0.1) is 0 Å². The molecule has 2 amide bonds. The molecule has 5 nitrogen and oxygen atoms in total. The summed E-state index contributed by atoms with van der Waals surface area (Å²) in [6, 6.07) is -1.12. The van der Waals surface area contributed by atoms with Gasteiger partial charge in [-0.25, -0.2) is 4.79 Å². The van der Waals surface area contributed by atoms with Crippen molar-refractivity contribution in [1.82, 2.24) is 10.2 Å². The molecule has 0 spiro atoms. The minimum Gasteiger partial charge on any atom is -0.480 e. The maximum absolute atomic E-state index is 11.5. The van der Waals surface area contributed by atoms with E-state index in [0.29, 0.717) is 6.54 Å². The fourth-order valence-electron chi connectivity index (χ4n) is 1.07. The standard InChI is InChI=1S/C9H18N2O3/c1-5-11(6(2)3)9(14)10-7(4)8(12)13/h6-7H,5H2,1-4H3,(H,10,14)(H,12,13). The van der Waals surface area contributed by atoms with Crippen molar-refractivity contribution >= 4 is 12.0 Å². The average Bonchev–Trinajstić information content (AvgIpc) is 2.04. The van der Waals surface area contributed by atoms with E-state index in [1.807, 2.05) is 20.8 Å². The Labute approximate surface area is 84.1 Å². The van der Waals surface area contributed by atoms with E-state index in [1.165, 1.54) is 6.92 Å². The summed E-state index contributed by atoms with van der Waals surface area (Å²) in [4.78, 5) is 23.5. The van der Waals surface area contributed by atoms with Crippen molar-refractivity contribution in [2.45, 2.75) is 39.8 Å². The van der Waals surface area contributed by atoms with Gasteiger partial charge < -0.3 is 15.3 Å². The van der Waals surface area contributed by atoms with Crippen LogP contribution in [0.3, 0.4) is 0 Å². The van der Waals surface area contributed by atoms with Gasteiger partial charge >= 0.3 is 12.0 Å². The SMILES string of the molecule is CCN(C(=O)NC(C)C(=O)O)C(C)C. The van der Waals surface area contributed by atoms with Gasteiger partial charge in [0.1, 0.15) is 6.04 Å². The summed E-state index contributed by atoms with van der Waals surface area (Å²) in [5, 5.41) is 11.0. The fraction of sp³-hybridized carbons (Fsp3) is 0.778. The lowest BCUT2D eigenvalue weighted by Gasteiger charge is -2.26. The first-order chi connectivity index (χ1) is 6.40. The zero-order valence-corrected chi connectivity index (χ0v) is 9.07. The first-order valence-corrected chi connectivity index (χ1v) is 4.70. The molecular formula is C9H18N2O3. The smallest absolute Gasteiger partial charge is 0.325 e. The molecule has 0 fully saturated rings. The molecule has 0 radical (unpaired) electrons. The van der Waals surface area contributed by atoms with Crippen LogP contribution in [0.4, 0.5) is 4.79 Å². The van der Waals surface area contributed by atoms with Crippen molar-refractivity contribution in [2.75, 3.05) is 6.54 Å². The zero-order chi connectivity index (χ0) is 11.3. The van der Waals surface area contributed by atoms with Gasteiger partial charge in [-0.3, -0.25) is 4.79 Å². The highest BCUT2D eigenvalue weighted by atomic mass is 16.4. The van der Waals surface area contributed by atoms with Crippen molar-refractivity contribution in [2.24, 2.45) is 0 Å². The van der Waals surface area contributed by atoms with E-state index >= 15 is 0 Å². The normalized spacial score (nSPS) is 12.4. The lowest BCUT2D eigenvalue weighted by molar-refractivity contribution is -0.138. The molecule has 0 heterocycles. The number of nitrogens with zero attached hydrogens (tertiary/aromatic N) is 1. The van der Waals surface area contributed by atoms with Gasteiger partial charge in [0.25, 0.3) is 0 Å². The van der Waals surface area contributed by atoms with Crippen LogP contribution in [-0.2, 0) is 4.79 Å². The molecule has 0 bridgehead atoms. The molecule has 0 aliphatic carbocycles. The van der Waals surface area contributed by atoms with E-state index < -0.39 is 12.0 Å². The van der Waals surface area contributed by atoms with Crippen molar-refractivity contribution < 1.29 is 14.7 Å². The number of carboxylic acid groups (broad SMARTS) is 1. The van der Waals surface area contributed by atoms with Crippen molar-refractivity contribution in [3.05, 3.63) is 0 Å². The molecule has 0 aromatic carbocycles. The number of carbonyl (C=O) groups excluding carboxylic acids is 1. The molecule has 82 valence electrons. The van der Waals surface area contributed by atoms with Crippen LogP contribution in [-0.4, -0.2) is 40.6 Å². The average molecular weight is 202 g/mol. The minimum absolute atomic E-state index is 0.0704. The van der Waals surface area contributed by atoms with Crippen molar-refractivity contribution in [1.29, 1.82) is 0 Å². The van der Waals surface area contributed by atoms with Crippen molar-refractivity contribution in [3.8, 4) is 0 Å². The van der Waals surface area contributed by atoms with E-state index in [2.05, 4.69) is 5.32 Å². The Balaban J connectivity index is 4.24. The monoisotopic (exact) mass is 202 g/mol. The largest absolute Gasteiger partial charge is 0.480 e. The van der Waals surface area contributed by atoms with Gasteiger partial charge in [-0.05, 0) is 27.7 Å². The molecule has 0 rings (SSSR count). The van der Waals surface area contributed by atoms with E-state index in [0.717, 1.165) is 0 Å². The molecule has 1 unspecified atom stereocenters. The number of carbonyl (C=O) groups is 2. The molecule has 1 atom stereocenters. The maximum Gasteiger partial charge on any atom is 0.325 e. The van der Waals surface area contributed by atoms with Crippen LogP contribution in [0.25, 0.3) is 0 Å². The van der Waals surface area contributed by atoms with E-state index in [-0.39, 0.29) is 12.1 Å². The third kappa shape index (κ3) is 3.64. The van der Waals surface area contributed by atoms with Gasteiger partial charge in [0, 0.05) is 12.6 Å². The summed E-state index contributed by atoms with van der Waals surface area (Å²) in [6.07, 6.45) is 0. The molecule has 0 aliphatic rings. The predicted octanol–water partition coefficient (Wildman–Crippen LogP) is 0.899. The van der Waals surface area contributed by atoms with E-state index in [1.54, 1.807) is 4.90 Å². The third-order valence-corrected chi connectivity index (χ3v) is 1.94. The van der Waals surface area contributed by atoms with Crippen molar-refractivity contribution in [3.63, 3.8) is 0 Å². The second-order valence-electron chi connectivity index (χ2n) is 3.39. The quantitative estimate of drug-likeness (QED) is 0.711. The summed E-state index contributed by atoms with van der Waals surface area (Å²) < 4.78 is 0.